The minimum atomic E-state index is 0. The molecule has 3 nitrogen and oxygen atoms in total. The summed E-state index contributed by atoms with van der Waals surface area (Å²) in [6.45, 7) is 9.35. The molecule has 1 rings (SSSR count). The fraction of sp³-hybridized carbons (Fsp3) is 0.600. The van der Waals surface area contributed by atoms with Gasteiger partial charge < -0.3 is 14.8 Å². The van der Waals surface area contributed by atoms with E-state index >= 15 is 0 Å². The van der Waals surface area contributed by atoms with Crippen molar-refractivity contribution >= 4 is 44.3 Å². The first-order valence-corrected chi connectivity index (χ1v) is 8.56. The second kappa shape index (κ2) is 11.7. The summed E-state index contributed by atoms with van der Waals surface area (Å²) in [6, 6.07) is 4.18. The largest absolute Gasteiger partial charge is 0.492 e. The van der Waals surface area contributed by atoms with E-state index in [0.29, 0.717) is 12.7 Å². The van der Waals surface area contributed by atoms with Crippen LogP contribution in [0.15, 0.2) is 21.1 Å². The van der Waals surface area contributed by atoms with Crippen LogP contribution in [0, 0.1) is 0 Å². The van der Waals surface area contributed by atoms with Gasteiger partial charge >= 0.3 is 0 Å². The Morgan fingerprint density at radius 3 is 2.33 bits per heavy atom. The maximum atomic E-state index is 5.57. The van der Waals surface area contributed by atoms with E-state index in [9.17, 15) is 0 Å². The third-order valence-corrected chi connectivity index (χ3v) is 3.80. The minimum Gasteiger partial charge on any atom is -0.492 e. The fourth-order valence-corrected chi connectivity index (χ4v) is 3.26. The molecule has 122 valence electrons. The minimum absolute atomic E-state index is 0. The predicted molar refractivity (Wildman–Crippen MR) is 97.7 cm³/mol. The van der Waals surface area contributed by atoms with Crippen molar-refractivity contribution in [1.29, 1.82) is 0 Å². The van der Waals surface area contributed by atoms with Gasteiger partial charge in [-0.2, -0.15) is 0 Å². The smallest absolute Gasteiger partial charge is 0.147 e. The Kier molecular flexibility index (Phi) is 11.8. The highest BCUT2D eigenvalue weighted by atomic mass is 79.9. The zero-order valence-electron chi connectivity index (χ0n) is 12.7. The Morgan fingerprint density at radius 2 is 1.81 bits per heavy atom. The highest BCUT2D eigenvalue weighted by Crippen LogP contribution is 2.34. The summed E-state index contributed by atoms with van der Waals surface area (Å²) in [6.07, 6.45) is 1.34. The summed E-state index contributed by atoms with van der Waals surface area (Å²) >= 11 is 7.09. The van der Waals surface area contributed by atoms with E-state index in [-0.39, 0.29) is 12.4 Å². The molecule has 21 heavy (non-hydrogen) atoms. The molecule has 0 bridgehead atoms. The Morgan fingerprint density at radius 1 is 1.19 bits per heavy atom. The van der Waals surface area contributed by atoms with E-state index in [1.807, 2.05) is 6.92 Å². The van der Waals surface area contributed by atoms with Gasteiger partial charge in [-0.3, -0.25) is 0 Å². The third kappa shape index (κ3) is 8.41. The van der Waals surface area contributed by atoms with Crippen LogP contribution in [0.5, 0.6) is 5.75 Å². The van der Waals surface area contributed by atoms with E-state index in [4.69, 9.17) is 9.47 Å². The molecule has 0 saturated heterocycles. The summed E-state index contributed by atoms with van der Waals surface area (Å²) in [5.41, 5.74) is 1.22. The first-order chi connectivity index (χ1) is 9.54. The SMILES string of the molecule is CCOc1c(Br)cc(CNCCCOC(C)C)cc1Br.Cl. The first kappa shape index (κ1) is 21.2. The van der Waals surface area contributed by atoms with Gasteiger partial charge in [0.25, 0.3) is 0 Å². The zero-order valence-corrected chi connectivity index (χ0v) is 16.7. The molecule has 0 saturated carbocycles. The van der Waals surface area contributed by atoms with Crippen LogP contribution in [-0.2, 0) is 11.3 Å². The molecule has 1 N–H and O–H groups in total. The molecule has 1 aromatic carbocycles. The van der Waals surface area contributed by atoms with Crippen molar-refractivity contribution in [3.05, 3.63) is 26.6 Å². The molecule has 0 radical (unpaired) electrons. The van der Waals surface area contributed by atoms with Gasteiger partial charge in [0, 0.05) is 13.2 Å². The van der Waals surface area contributed by atoms with Crippen LogP contribution >= 0.6 is 44.3 Å². The van der Waals surface area contributed by atoms with Crippen molar-refractivity contribution in [1.82, 2.24) is 5.32 Å². The summed E-state index contributed by atoms with van der Waals surface area (Å²) in [5, 5.41) is 3.42. The van der Waals surface area contributed by atoms with Crippen LogP contribution in [0.2, 0.25) is 0 Å². The topological polar surface area (TPSA) is 30.5 Å². The Labute approximate surface area is 150 Å². The molecular formula is C15H24Br2ClNO2. The van der Waals surface area contributed by atoms with Gasteiger partial charge in [0.2, 0.25) is 0 Å². The Bertz CT molecular complexity index is 394. The average molecular weight is 446 g/mol. The lowest BCUT2D eigenvalue weighted by Crippen LogP contribution is -2.17. The van der Waals surface area contributed by atoms with Gasteiger partial charge in [0.1, 0.15) is 5.75 Å². The van der Waals surface area contributed by atoms with Gasteiger partial charge in [-0.25, -0.2) is 0 Å². The van der Waals surface area contributed by atoms with Gasteiger partial charge in [0.15, 0.2) is 0 Å². The molecule has 0 unspecified atom stereocenters. The molecule has 0 aliphatic rings. The second-order valence-corrected chi connectivity index (χ2v) is 6.48. The molecule has 0 aliphatic heterocycles. The molecule has 0 spiro atoms. The highest BCUT2D eigenvalue weighted by Gasteiger charge is 2.08. The van der Waals surface area contributed by atoms with Crippen molar-refractivity contribution in [2.45, 2.75) is 39.8 Å². The van der Waals surface area contributed by atoms with Gasteiger partial charge in [-0.15, -0.1) is 12.4 Å². The predicted octanol–water partition coefficient (Wildman–Crippen LogP) is 4.94. The standard InChI is InChI=1S/C15H23Br2NO2.ClH/c1-4-19-15-13(16)8-12(9-14(15)17)10-18-6-5-7-20-11(2)3;/h8-9,11,18H,4-7,10H2,1-3H3;1H. The number of halogens is 3. The maximum absolute atomic E-state index is 5.57. The Balaban J connectivity index is 0.00000400. The van der Waals surface area contributed by atoms with Crippen molar-refractivity contribution in [2.75, 3.05) is 19.8 Å². The first-order valence-electron chi connectivity index (χ1n) is 6.97. The average Bonchev–Trinajstić information content (AvgIpc) is 2.37. The molecule has 0 fully saturated rings. The van der Waals surface area contributed by atoms with Crippen LogP contribution in [0.25, 0.3) is 0 Å². The summed E-state index contributed by atoms with van der Waals surface area (Å²) in [5.74, 6) is 0.863. The van der Waals surface area contributed by atoms with Gasteiger partial charge in [-0.05, 0) is 83.3 Å². The quantitative estimate of drug-likeness (QED) is 0.547. The van der Waals surface area contributed by atoms with Crippen LogP contribution in [0.1, 0.15) is 32.8 Å². The molecule has 0 heterocycles. The van der Waals surface area contributed by atoms with Crippen LogP contribution in [-0.4, -0.2) is 25.9 Å². The normalized spacial score (nSPS) is 10.6. The van der Waals surface area contributed by atoms with E-state index in [1.54, 1.807) is 0 Å². The molecular weight excluding hydrogens is 421 g/mol. The van der Waals surface area contributed by atoms with Crippen LogP contribution in [0.3, 0.4) is 0 Å². The second-order valence-electron chi connectivity index (χ2n) is 4.77. The van der Waals surface area contributed by atoms with Crippen LogP contribution < -0.4 is 10.1 Å². The van der Waals surface area contributed by atoms with E-state index in [2.05, 4.69) is 63.2 Å². The highest BCUT2D eigenvalue weighted by molar-refractivity contribution is 9.11. The monoisotopic (exact) mass is 443 g/mol. The van der Waals surface area contributed by atoms with E-state index in [0.717, 1.165) is 40.8 Å². The number of benzene rings is 1. The molecule has 0 amide bonds. The van der Waals surface area contributed by atoms with Crippen LogP contribution in [0.4, 0.5) is 0 Å². The van der Waals surface area contributed by atoms with E-state index in [1.165, 1.54) is 5.56 Å². The van der Waals surface area contributed by atoms with E-state index < -0.39 is 0 Å². The molecule has 0 aromatic heterocycles. The summed E-state index contributed by atoms with van der Waals surface area (Å²) in [4.78, 5) is 0. The van der Waals surface area contributed by atoms with Crippen molar-refractivity contribution in [3.63, 3.8) is 0 Å². The molecule has 1 aromatic rings. The van der Waals surface area contributed by atoms with Crippen molar-refractivity contribution in [3.8, 4) is 5.75 Å². The third-order valence-electron chi connectivity index (χ3n) is 2.62. The van der Waals surface area contributed by atoms with Gasteiger partial charge in [0.05, 0.1) is 21.7 Å². The summed E-state index contributed by atoms with van der Waals surface area (Å²) < 4.78 is 13.0. The molecule has 0 atom stereocenters. The number of hydrogen-bond acceptors (Lipinski definition) is 3. The molecule has 6 heteroatoms. The maximum Gasteiger partial charge on any atom is 0.147 e. The van der Waals surface area contributed by atoms with Crippen molar-refractivity contribution < 1.29 is 9.47 Å². The van der Waals surface area contributed by atoms with Crippen molar-refractivity contribution in [2.24, 2.45) is 0 Å². The lowest BCUT2D eigenvalue weighted by atomic mass is 10.2. The molecule has 0 aliphatic carbocycles. The number of hydrogen-bond donors (Lipinski definition) is 1. The fourth-order valence-electron chi connectivity index (χ4n) is 1.75. The lowest BCUT2D eigenvalue weighted by Gasteiger charge is -2.12. The summed E-state index contributed by atoms with van der Waals surface area (Å²) in [7, 11) is 0. The number of ether oxygens (including phenoxy) is 2. The Hall–Kier alpha value is 0.190. The number of nitrogens with one attached hydrogen (secondary N) is 1. The lowest BCUT2D eigenvalue weighted by molar-refractivity contribution is 0.0770. The zero-order chi connectivity index (χ0) is 15.0. The number of rotatable bonds is 9. The van der Waals surface area contributed by atoms with Gasteiger partial charge in [-0.1, -0.05) is 0 Å².